The van der Waals surface area contributed by atoms with Crippen LogP contribution in [0.25, 0.3) is 16.7 Å². The second-order valence-electron chi connectivity index (χ2n) is 7.43. The normalized spacial score (nSPS) is 11.3. The van der Waals surface area contributed by atoms with Crippen molar-refractivity contribution in [2.45, 2.75) is 33.2 Å². The van der Waals surface area contributed by atoms with E-state index in [1.807, 2.05) is 32.0 Å². The molecule has 0 aliphatic carbocycles. The Bertz CT molecular complexity index is 1330. The van der Waals surface area contributed by atoms with Crippen molar-refractivity contribution < 1.29 is 9.59 Å². The van der Waals surface area contributed by atoms with Crippen molar-refractivity contribution in [3.05, 3.63) is 70.3 Å². The minimum absolute atomic E-state index is 0.0479. The maximum atomic E-state index is 13.1. The fourth-order valence-corrected chi connectivity index (χ4v) is 3.45. The van der Waals surface area contributed by atoms with Crippen LogP contribution in [0.5, 0.6) is 0 Å². The first kappa shape index (κ1) is 19.5. The number of amides is 1. The number of hydrogen-bond donors (Lipinski definition) is 1. The second-order valence-corrected chi connectivity index (χ2v) is 7.43. The number of aromatic nitrogens is 4. The summed E-state index contributed by atoms with van der Waals surface area (Å²) in [5.41, 5.74) is 2.31. The van der Waals surface area contributed by atoms with E-state index in [0.717, 1.165) is 5.52 Å². The molecule has 8 heteroatoms. The van der Waals surface area contributed by atoms with Gasteiger partial charge in [0.1, 0.15) is 12.4 Å². The van der Waals surface area contributed by atoms with Crippen molar-refractivity contribution in [2.75, 3.05) is 5.32 Å². The number of ketones is 1. The largest absolute Gasteiger partial charge is 0.325 e. The first-order valence-electron chi connectivity index (χ1n) is 9.64. The maximum Gasteiger partial charge on any atom is 0.297 e. The van der Waals surface area contributed by atoms with E-state index in [4.69, 9.17) is 0 Å². The number of nitrogens with one attached hydrogen (secondary N) is 1. The molecular weight excluding hydrogens is 382 g/mol. The van der Waals surface area contributed by atoms with Crippen LogP contribution in [0.2, 0.25) is 0 Å². The molecule has 4 aromatic rings. The number of rotatable bonds is 5. The number of para-hydroxylation sites is 2. The Morgan fingerprint density at radius 2 is 1.67 bits per heavy atom. The van der Waals surface area contributed by atoms with Gasteiger partial charge >= 0.3 is 0 Å². The Hall–Kier alpha value is -3.81. The van der Waals surface area contributed by atoms with Crippen LogP contribution in [0.1, 0.15) is 42.9 Å². The minimum Gasteiger partial charge on any atom is -0.325 e. The second kappa shape index (κ2) is 7.55. The predicted molar refractivity (Wildman–Crippen MR) is 114 cm³/mol. The molecule has 0 bridgehead atoms. The van der Waals surface area contributed by atoms with Gasteiger partial charge in [-0.3, -0.25) is 23.4 Å². The third-order valence-corrected chi connectivity index (χ3v) is 4.93. The zero-order valence-electron chi connectivity index (χ0n) is 16.9. The van der Waals surface area contributed by atoms with Gasteiger partial charge in [-0.1, -0.05) is 26.0 Å². The highest BCUT2D eigenvalue weighted by Crippen LogP contribution is 2.19. The number of carbonyl (C=O) groups excluding carboxylic acids is 2. The fraction of sp³-hybridized carbons (Fsp3) is 0.227. The molecule has 0 atom stereocenters. The summed E-state index contributed by atoms with van der Waals surface area (Å²) in [6, 6.07) is 14.0. The van der Waals surface area contributed by atoms with E-state index in [9.17, 15) is 14.4 Å². The highest BCUT2D eigenvalue weighted by Gasteiger charge is 2.19. The molecule has 152 valence electrons. The van der Waals surface area contributed by atoms with Crippen LogP contribution in [-0.2, 0) is 11.3 Å². The molecule has 2 heterocycles. The van der Waals surface area contributed by atoms with Gasteiger partial charge in [-0.2, -0.15) is 0 Å². The van der Waals surface area contributed by atoms with Crippen LogP contribution < -0.4 is 10.9 Å². The van der Waals surface area contributed by atoms with Gasteiger partial charge in [0.25, 0.3) is 5.56 Å². The summed E-state index contributed by atoms with van der Waals surface area (Å²) in [6.45, 7) is 5.29. The number of Topliss-reactive ketones (excluding diaryl/α,β-unsaturated/α-hetero) is 1. The number of hydrogen-bond acceptors (Lipinski definition) is 5. The number of benzene rings is 2. The van der Waals surface area contributed by atoms with E-state index in [2.05, 4.69) is 15.5 Å². The first-order chi connectivity index (χ1) is 14.4. The van der Waals surface area contributed by atoms with Gasteiger partial charge in [0, 0.05) is 17.2 Å². The van der Waals surface area contributed by atoms with Crippen LogP contribution in [0, 0.1) is 0 Å². The molecule has 0 radical (unpaired) electrons. The molecule has 1 N–H and O–H groups in total. The molecule has 0 spiro atoms. The highest BCUT2D eigenvalue weighted by atomic mass is 16.2. The van der Waals surface area contributed by atoms with Gasteiger partial charge in [-0.15, -0.1) is 10.2 Å². The SMILES string of the molecule is CC(=O)c1ccc(NC(=O)Cn2c(=O)c3nnc(C(C)C)n3c3ccccc32)cc1. The van der Waals surface area contributed by atoms with E-state index in [1.165, 1.54) is 11.5 Å². The molecular formula is C22H21N5O3. The number of nitrogens with zero attached hydrogens (tertiary/aromatic N) is 4. The summed E-state index contributed by atoms with van der Waals surface area (Å²) in [6.07, 6.45) is 0. The summed E-state index contributed by atoms with van der Waals surface area (Å²) in [7, 11) is 0. The van der Waals surface area contributed by atoms with E-state index in [-0.39, 0.29) is 35.4 Å². The Kier molecular flexibility index (Phi) is 4.91. The third kappa shape index (κ3) is 3.36. The lowest BCUT2D eigenvalue weighted by Crippen LogP contribution is -2.29. The molecule has 0 saturated carbocycles. The Morgan fingerprint density at radius 3 is 2.30 bits per heavy atom. The van der Waals surface area contributed by atoms with Gasteiger partial charge in [0.05, 0.1) is 11.0 Å². The summed E-state index contributed by atoms with van der Waals surface area (Å²) >= 11 is 0. The van der Waals surface area contributed by atoms with E-state index in [0.29, 0.717) is 22.6 Å². The summed E-state index contributed by atoms with van der Waals surface area (Å²) < 4.78 is 3.17. The zero-order chi connectivity index (χ0) is 21.4. The van der Waals surface area contributed by atoms with Crippen molar-refractivity contribution in [2.24, 2.45) is 0 Å². The highest BCUT2D eigenvalue weighted by molar-refractivity contribution is 5.96. The Balaban J connectivity index is 1.73. The van der Waals surface area contributed by atoms with Gasteiger partial charge in [0.2, 0.25) is 11.6 Å². The van der Waals surface area contributed by atoms with Crippen LogP contribution in [0.4, 0.5) is 5.69 Å². The topological polar surface area (TPSA) is 98.4 Å². The number of fused-ring (bicyclic) bond motifs is 3. The van der Waals surface area contributed by atoms with Crippen LogP contribution in [-0.4, -0.2) is 30.9 Å². The zero-order valence-corrected chi connectivity index (χ0v) is 16.9. The van der Waals surface area contributed by atoms with Crippen LogP contribution in [0.15, 0.2) is 53.3 Å². The van der Waals surface area contributed by atoms with Crippen LogP contribution in [0.3, 0.4) is 0 Å². The van der Waals surface area contributed by atoms with E-state index < -0.39 is 0 Å². The molecule has 8 nitrogen and oxygen atoms in total. The summed E-state index contributed by atoms with van der Waals surface area (Å²) in [4.78, 5) is 37.2. The molecule has 1 amide bonds. The first-order valence-corrected chi connectivity index (χ1v) is 9.64. The standard InChI is InChI=1S/C22H21N5O3/c1-13(2)20-24-25-21-22(30)26(17-6-4-5-7-18(17)27(20)21)12-19(29)23-16-10-8-15(9-11-16)14(3)28/h4-11,13H,12H2,1-3H3,(H,23,29). The lowest BCUT2D eigenvalue weighted by molar-refractivity contribution is -0.116. The van der Waals surface area contributed by atoms with Crippen molar-refractivity contribution in [3.8, 4) is 0 Å². The number of anilines is 1. The smallest absolute Gasteiger partial charge is 0.297 e. The molecule has 0 unspecified atom stereocenters. The summed E-state index contributed by atoms with van der Waals surface area (Å²) in [5.74, 6) is 0.374. The molecule has 2 aromatic heterocycles. The molecule has 0 saturated heterocycles. The van der Waals surface area contributed by atoms with E-state index >= 15 is 0 Å². The summed E-state index contributed by atoms with van der Waals surface area (Å²) in [5, 5.41) is 11.0. The third-order valence-electron chi connectivity index (χ3n) is 4.93. The molecule has 0 aliphatic heterocycles. The maximum absolute atomic E-state index is 13.1. The number of carbonyl (C=O) groups is 2. The molecule has 30 heavy (non-hydrogen) atoms. The Morgan fingerprint density at radius 1 is 1.00 bits per heavy atom. The minimum atomic E-state index is -0.379. The predicted octanol–water partition coefficient (Wildman–Crippen LogP) is 3.01. The quantitative estimate of drug-likeness (QED) is 0.517. The average Bonchev–Trinajstić information content (AvgIpc) is 3.17. The van der Waals surface area contributed by atoms with Crippen LogP contribution >= 0.6 is 0 Å². The van der Waals surface area contributed by atoms with Gasteiger partial charge in [0.15, 0.2) is 5.78 Å². The monoisotopic (exact) mass is 403 g/mol. The van der Waals surface area contributed by atoms with Crippen molar-refractivity contribution >= 4 is 34.1 Å². The van der Waals surface area contributed by atoms with E-state index in [1.54, 1.807) is 34.7 Å². The van der Waals surface area contributed by atoms with Gasteiger partial charge < -0.3 is 5.32 Å². The van der Waals surface area contributed by atoms with Crippen molar-refractivity contribution in [1.82, 2.24) is 19.2 Å². The molecule has 0 fully saturated rings. The molecule has 2 aromatic carbocycles. The van der Waals surface area contributed by atoms with Crippen molar-refractivity contribution in [1.29, 1.82) is 0 Å². The van der Waals surface area contributed by atoms with Crippen molar-refractivity contribution in [3.63, 3.8) is 0 Å². The van der Waals surface area contributed by atoms with Gasteiger partial charge in [-0.25, -0.2) is 0 Å². The lowest BCUT2D eigenvalue weighted by Gasteiger charge is -2.13. The average molecular weight is 403 g/mol. The fourth-order valence-electron chi connectivity index (χ4n) is 3.45. The Labute approximate surface area is 172 Å². The van der Waals surface area contributed by atoms with Gasteiger partial charge in [-0.05, 0) is 43.3 Å². The molecule has 4 rings (SSSR count). The molecule has 0 aliphatic rings. The lowest BCUT2D eigenvalue weighted by atomic mass is 10.1.